The summed E-state index contributed by atoms with van der Waals surface area (Å²) in [5, 5.41) is 0. The fourth-order valence-electron chi connectivity index (χ4n) is 1.62. The van der Waals surface area contributed by atoms with Gasteiger partial charge in [-0.3, -0.25) is 0 Å². The lowest BCUT2D eigenvalue weighted by atomic mass is 9.86. The van der Waals surface area contributed by atoms with Gasteiger partial charge in [0.15, 0.2) is 0 Å². The standard InChI is InChI=1S/C15H20/c1-4-6-8-14-11-12-15(14)10-9-13(3)7-5-2/h4-7,9-10H,3,8,11-12H2,1-2H3/b6-4-,7-5-,10-9-. The molecule has 0 atom stereocenters. The molecule has 0 fully saturated rings. The van der Waals surface area contributed by atoms with Crippen molar-refractivity contribution in [2.75, 3.05) is 0 Å². The van der Waals surface area contributed by atoms with E-state index >= 15 is 0 Å². The Kier molecular flexibility index (Phi) is 4.89. The number of rotatable bonds is 5. The summed E-state index contributed by atoms with van der Waals surface area (Å²) in [5.41, 5.74) is 4.15. The van der Waals surface area contributed by atoms with E-state index in [9.17, 15) is 0 Å². The smallest absolute Gasteiger partial charge is 0.0133 e. The molecule has 0 unspecified atom stereocenters. The summed E-state index contributed by atoms with van der Waals surface area (Å²) in [7, 11) is 0. The van der Waals surface area contributed by atoms with Crippen molar-refractivity contribution in [2.45, 2.75) is 33.1 Å². The van der Waals surface area contributed by atoms with Crippen LogP contribution in [0, 0.1) is 0 Å². The molecule has 0 aliphatic heterocycles. The molecule has 1 rings (SSSR count). The van der Waals surface area contributed by atoms with Crippen LogP contribution in [0.2, 0.25) is 0 Å². The molecule has 0 aromatic heterocycles. The molecule has 0 amide bonds. The van der Waals surface area contributed by atoms with Gasteiger partial charge in [-0.1, -0.05) is 48.6 Å². The predicted molar refractivity (Wildman–Crippen MR) is 68.8 cm³/mol. The highest BCUT2D eigenvalue weighted by Gasteiger charge is 2.12. The molecule has 0 aromatic rings. The molecular weight excluding hydrogens is 180 g/mol. The second-order valence-corrected chi connectivity index (χ2v) is 3.81. The summed E-state index contributed by atoms with van der Waals surface area (Å²) in [4.78, 5) is 0. The van der Waals surface area contributed by atoms with Crippen LogP contribution >= 0.6 is 0 Å². The minimum atomic E-state index is 1.07. The van der Waals surface area contributed by atoms with Crippen molar-refractivity contribution in [2.24, 2.45) is 0 Å². The lowest BCUT2D eigenvalue weighted by molar-refractivity contribution is 0.797. The average molecular weight is 200 g/mol. The van der Waals surface area contributed by atoms with Crippen molar-refractivity contribution >= 4 is 0 Å². The molecule has 0 saturated heterocycles. The third kappa shape index (κ3) is 3.75. The van der Waals surface area contributed by atoms with E-state index in [-0.39, 0.29) is 0 Å². The third-order valence-electron chi connectivity index (χ3n) is 2.63. The topological polar surface area (TPSA) is 0 Å². The van der Waals surface area contributed by atoms with E-state index in [0.717, 1.165) is 12.0 Å². The zero-order chi connectivity index (χ0) is 11.1. The Hall–Kier alpha value is -1.30. The van der Waals surface area contributed by atoms with Gasteiger partial charge >= 0.3 is 0 Å². The number of allylic oxidation sites excluding steroid dienone is 9. The van der Waals surface area contributed by atoms with Crippen molar-refractivity contribution in [1.82, 2.24) is 0 Å². The molecular formula is C15H20. The van der Waals surface area contributed by atoms with E-state index in [2.05, 4.69) is 37.8 Å². The maximum Gasteiger partial charge on any atom is -0.0133 e. The molecule has 1 aliphatic carbocycles. The second kappa shape index (κ2) is 6.23. The second-order valence-electron chi connectivity index (χ2n) is 3.81. The van der Waals surface area contributed by atoms with Crippen molar-refractivity contribution in [3.63, 3.8) is 0 Å². The Balaban J connectivity index is 2.55. The first-order valence-corrected chi connectivity index (χ1v) is 5.59. The maximum atomic E-state index is 3.95. The van der Waals surface area contributed by atoms with Crippen LogP contribution in [0.5, 0.6) is 0 Å². The van der Waals surface area contributed by atoms with Crippen molar-refractivity contribution < 1.29 is 0 Å². The quantitative estimate of drug-likeness (QED) is 0.444. The fourth-order valence-corrected chi connectivity index (χ4v) is 1.62. The molecule has 15 heavy (non-hydrogen) atoms. The normalized spacial score (nSPS) is 16.9. The minimum absolute atomic E-state index is 1.07. The first-order valence-electron chi connectivity index (χ1n) is 5.59. The first kappa shape index (κ1) is 11.8. The van der Waals surface area contributed by atoms with Crippen molar-refractivity contribution in [3.05, 3.63) is 59.8 Å². The predicted octanol–water partition coefficient (Wildman–Crippen LogP) is 4.73. The van der Waals surface area contributed by atoms with E-state index in [0.29, 0.717) is 0 Å². The Labute approximate surface area is 93.4 Å². The molecule has 0 heterocycles. The highest BCUT2D eigenvalue weighted by atomic mass is 14.2. The molecule has 1 aliphatic rings. The maximum absolute atomic E-state index is 3.95. The largest absolute Gasteiger partial charge is 0.0918 e. The van der Waals surface area contributed by atoms with E-state index in [1.54, 1.807) is 5.57 Å². The average Bonchev–Trinajstić information content (AvgIpc) is 2.17. The zero-order valence-electron chi connectivity index (χ0n) is 9.79. The van der Waals surface area contributed by atoms with Crippen molar-refractivity contribution in [3.8, 4) is 0 Å². The van der Waals surface area contributed by atoms with Gasteiger partial charge in [0, 0.05) is 0 Å². The monoisotopic (exact) mass is 200 g/mol. The highest BCUT2D eigenvalue weighted by molar-refractivity contribution is 5.39. The zero-order valence-corrected chi connectivity index (χ0v) is 9.79. The van der Waals surface area contributed by atoms with Crippen LogP contribution in [0.1, 0.15) is 33.1 Å². The summed E-state index contributed by atoms with van der Waals surface area (Å²) < 4.78 is 0. The summed E-state index contributed by atoms with van der Waals surface area (Å²) in [6.45, 7) is 8.04. The molecule has 0 radical (unpaired) electrons. The molecule has 0 N–H and O–H groups in total. The first-order chi connectivity index (χ1) is 7.27. The number of hydrogen-bond acceptors (Lipinski definition) is 0. The van der Waals surface area contributed by atoms with Crippen LogP contribution in [-0.2, 0) is 0 Å². The fraction of sp³-hybridized carbons (Fsp3) is 0.333. The number of hydrogen-bond donors (Lipinski definition) is 0. The van der Waals surface area contributed by atoms with E-state index in [1.807, 2.05) is 19.1 Å². The van der Waals surface area contributed by atoms with Crippen molar-refractivity contribution in [1.29, 1.82) is 0 Å². The van der Waals surface area contributed by atoms with Gasteiger partial charge in [0.2, 0.25) is 0 Å². The Morgan fingerprint density at radius 2 is 2.00 bits per heavy atom. The van der Waals surface area contributed by atoms with Gasteiger partial charge in [0.25, 0.3) is 0 Å². The van der Waals surface area contributed by atoms with E-state index in [1.165, 1.54) is 18.4 Å². The van der Waals surface area contributed by atoms with Gasteiger partial charge in [-0.15, -0.1) is 0 Å². The molecule has 0 nitrogen and oxygen atoms in total. The van der Waals surface area contributed by atoms with Gasteiger partial charge in [-0.2, -0.15) is 0 Å². The van der Waals surface area contributed by atoms with Crippen LogP contribution in [-0.4, -0.2) is 0 Å². The summed E-state index contributed by atoms with van der Waals surface area (Å²) in [5.74, 6) is 0. The van der Waals surface area contributed by atoms with Gasteiger partial charge < -0.3 is 0 Å². The molecule has 0 saturated carbocycles. The van der Waals surface area contributed by atoms with Gasteiger partial charge in [0.05, 0.1) is 0 Å². The van der Waals surface area contributed by atoms with Crippen LogP contribution in [0.4, 0.5) is 0 Å². The van der Waals surface area contributed by atoms with E-state index in [4.69, 9.17) is 0 Å². The molecule has 0 heteroatoms. The van der Waals surface area contributed by atoms with Crippen LogP contribution in [0.25, 0.3) is 0 Å². The summed E-state index contributed by atoms with van der Waals surface area (Å²) >= 11 is 0. The highest BCUT2D eigenvalue weighted by Crippen LogP contribution is 2.31. The molecule has 0 spiro atoms. The summed E-state index contributed by atoms with van der Waals surface area (Å²) in [6.07, 6.45) is 16.3. The third-order valence-corrected chi connectivity index (χ3v) is 2.63. The SMILES string of the molecule is C=C(/C=C\C)/C=C\C1=C(C/C=C\C)CC1. The molecule has 0 aromatic carbocycles. The van der Waals surface area contributed by atoms with Crippen LogP contribution < -0.4 is 0 Å². The minimum Gasteiger partial charge on any atom is -0.0918 e. The van der Waals surface area contributed by atoms with Crippen LogP contribution in [0.15, 0.2) is 59.8 Å². The van der Waals surface area contributed by atoms with Gasteiger partial charge in [0.1, 0.15) is 0 Å². The lowest BCUT2D eigenvalue weighted by Gasteiger charge is -2.20. The Morgan fingerprint density at radius 1 is 1.20 bits per heavy atom. The van der Waals surface area contributed by atoms with Crippen LogP contribution in [0.3, 0.4) is 0 Å². The van der Waals surface area contributed by atoms with Gasteiger partial charge in [-0.25, -0.2) is 0 Å². The van der Waals surface area contributed by atoms with Gasteiger partial charge in [-0.05, 0) is 44.3 Å². The lowest BCUT2D eigenvalue weighted by Crippen LogP contribution is -2.01. The summed E-state index contributed by atoms with van der Waals surface area (Å²) in [6, 6.07) is 0. The van der Waals surface area contributed by atoms with E-state index < -0.39 is 0 Å². The Bertz CT molecular complexity index is 335. The molecule has 80 valence electrons. The Morgan fingerprint density at radius 3 is 2.53 bits per heavy atom. The molecule has 0 bridgehead atoms.